The lowest BCUT2D eigenvalue weighted by Crippen LogP contribution is -1.82. The molecule has 2 heteroatoms. The Labute approximate surface area is 56.0 Å². The van der Waals surface area contributed by atoms with Crippen LogP contribution in [-0.4, -0.2) is 18.6 Å². The number of aliphatic imine (C=N–C) groups is 2. The predicted molar refractivity (Wildman–Crippen MR) is 42.3 cm³/mol. The first-order chi connectivity index (χ1) is 4.31. The van der Waals surface area contributed by atoms with Crippen LogP contribution in [0.5, 0.6) is 0 Å². The van der Waals surface area contributed by atoms with Crippen LogP contribution in [-0.2, 0) is 0 Å². The van der Waals surface area contributed by atoms with Gasteiger partial charge >= 0.3 is 0 Å². The average molecular weight is 124 g/mol. The summed E-state index contributed by atoms with van der Waals surface area (Å²) >= 11 is 0. The molecule has 50 valence electrons. The summed E-state index contributed by atoms with van der Waals surface area (Å²) in [4.78, 5) is 7.84. The minimum Gasteiger partial charge on any atom is -0.274 e. The van der Waals surface area contributed by atoms with Crippen molar-refractivity contribution in [3.05, 3.63) is 12.7 Å². The third kappa shape index (κ3) is 4.94. The Morgan fingerprint density at radius 3 is 2.78 bits per heavy atom. The fourth-order valence-electron chi connectivity index (χ4n) is 0.266. The lowest BCUT2D eigenvalue weighted by atomic mass is 10.4. The van der Waals surface area contributed by atoms with Crippen LogP contribution in [0.4, 0.5) is 0 Å². The van der Waals surface area contributed by atoms with Gasteiger partial charge in [0.05, 0.1) is 0 Å². The molecular weight excluding hydrogens is 112 g/mol. The molecule has 0 saturated carbocycles. The van der Waals surface area contributed by atoms with E-state index in [1.807, 2.05) is 13.8 Å². The molecule has 0 aliphatic heterocycles. The molecule has 0 rings (SSSR count). The van der Waals surface area contributed by atoms with Gasteiger partial charge in [0.25, 0.3) is 0 Å². The Morgan fingerprint density at radius 2 is 2.33 bits per heavy atom. The van der Waals surface area contributed by atoms with Gasteiger partial charge in [0.15, 0.2) is 0 Å². The fraction of sp³-hybridized carbons (Fsp3) is 0.429. The Kier molecular flexibility index (Phi) is 4.69. The second kappa shape index (κ2) is 5.22. The van der Waals surface area contributed by atoms with Crippen molar-refractivity contribution >= 4 is 12.1 Å². The molecule has 0 aliphatic rings. The van der Waals surface area contributed by atoms with Gasteiger partial charge < -0.3 is 0 Å². The molecule has 9 heavy (non-hydrogen) atoms. The van der Waals surface area contributed by atoms with Crippen LogP contribution in [0.3, 0.4) is 0 Å². The molecule has 0 aromatic carbocycles. The van der Waals surface area contributed by atoms with Crippen LogP contribution < -0.4 is 0 Å². The number of nitrogens with zero attached hydrogens (tertiary/aromatic N) is 2. The SMILES string of the molecule is C=CC(C)=NC=NCC. The highest BCUT2D eigenvalue weighted by molar-refractivity contribution is 5.96. The minimum absolute atomic E-state index is 0.786. The van der Waals surface area contributed by atoms with Crippen LogP contribution in [0, 0.1) is 0 Å². The molecule has 0 bridgehead atoms. The molecule has 0 saturated heterocycles. The average Bonchev–Trinajstić information content (AvgIpc) is 1.89. The van der Waals surface area contributed by atoms with E-state index in [0.29, 0.717) is 0 Å². The van der Waals surface area contributed by atoms with Crippen molar-refractivity contribution in [1.82, 2.24) is 0 Å². The van der Waals surface area contributed by atoms with E-state index in [9.17, 15) is 0 Å². The van der Waals surface area contributed by atoms with Crippen LogP contribution in [0.2, 0.25) is 0 Å². The molecule has 0 N–H and O–H groups in total. The zero-order valence-electron chi connectivity index (χ0n) is 5.96. The molecule has 0 fully saturated rings. The Morgan fingerprint density at radius 1 is 1.67 bits per heavy atom. The molecule has 2 nitrogen and oxygen atoms in total. The van der Waals surface area contributed by atoms with Crippen molar-refractivity contribution < 1.29 is 0 Å². The van der Waals surface area contributed by atoms with E-state index >= 15 is 0 Å². The van der Waals surface area contributed by atoms with Gasteiger partial charge in [0.2, 0.25) is 0 Å². The van der Waals surface area contributed by atoms with E-state index in [0.717, 1.165) is 12.3 Å². The van der Waals surface area contributed by atoms with Gasteiger partial charge in [0, 0.05) is 12.3 Å². The molecule has 0 radical (unpaired) electrons. The largest absolute Gasteiger partial charge is 0.274 e. The van der Waals surface area contributed by atoms with Crippen molar-refractivity contribution in [2.24, 2.45) is 9.98 Å². The van der Waals surface area contributed by atoms with Crippen molar-refractivity contribution in [3.63, 3.8) is 0 Å². The van der Waals surface area contributed by atoms with Gasteiger partial charge in [-0.25, -0.2) is 4.99 Å². The summed E-state index contributed by atoms with van der Waals surface area (Å²) in [5.74, 6) is 0. The third-order valence-electron chi connectivity index (χ3n) is 0.821. The second-order valence-corrected chi connectivity index (χ2v) is 1.59. The van der Waals surface area contributed by atoms with Gasteiger partial charge in [-0.1, -0.05) is 6.58 Å². The second-order valence-electron chi connectivity index (χ2n) is 1.59. The van der Waals surface area contributed by atoms with E-state index in [1.54, 1.807) is 12.4 Å². The smallest absolute Gasteiger partial charge is 0.110 e. The van der Waals surface area contributed by atoms with Gasteiger partial charge in [-0.15, -0.1) is 0 Å². The molecule has 0 aromatic heterocycles. The topological polar surface area (TPSA) is 24.7 Å². The normalized spacial score (nSPS) is 12.4. The molecular formula is C7H12N2. The summed E-state index contributed by atoms with van der Waals surface area (Å²) in [6.45, 7) is 8.18. The van der Waals surface area contributed by atoms with Crippen LogP contribution in [0.15, 0.2) is 22.6 Å². The summed E-state index contributed by atoms with van der Waals surface area (Å²) < 4.78 is 0. The molecule has 0 aliphatic carbocycles. The lowest BCUT2D eigenvalue weighted by molar-refractivity contribution is 1.13. The predicted octanol–water partition coefficient (Wildman–Crippen LogP) is 1.68. The highest BCUT2D eigenvalue weighted by Gasteiger charge is 1.73. The molecule has 0 heterocycles. The number of hydrogen-bond acceptors (Lipinski definition) is 1. The first kappa shape index (κ1) is 8.08. The molecule has 0 amide bonds. The van der Waals surface area contributed by atoms with E-state index in [2.05, 4.69) is 16.6 Å². The summed E-state index contributed by atoms with van der Waals surface area (Å²) in [5, 5.41) is 0. The van der Waals surface area contributed by atoms with Crippen molar-refractivity contribution in [1.29, 1.82) is 0 Å². The van der Waals surface area contributed by atoms with Crippen LogP contribution in [0.1, 0.15) is 13.8 Å². The molecule has 0 atom stereocenters. The monoisotopic (exact) mass is 124 g/mol. The van der Waals surface area contributed by atoms with Crippen molar-refractivity contribution in [2.45, 2.75) is 13.8 Å². The first-order valence-corrected chi connectivity index (χ1v) is 2.96. The fourth-order valence-corrected chi connectivity index (χ4v) is 0.266. The van der Waals surface area contributed by atoms with Gasteiger partial charge in [-0.2, -0.15) is 0 Å². The molecule has 0 aromatic rings. The van der Waals surface area contributed by atoms with Crippen molar-refractivity contribution in [2.75, 3.05) is 6.54 Å². The number of allylic oxidation sites excluding steroid dienone is 1. The van der Waals surface area contributed by atoms with Crippen LogP contribution in [0.25, 0.3) is 0 Å². The maximum atomic E-state index is 3.94. The maximum absolute atomic E-state index is 3.94. The zero-order valence-corrected chi connectivity index (χ0v) is 5.96. The van der Waals surface area contributed by atoms with Gasteiger partial charge in [-0.3, -0.25) is 4.99 Å². The van der Waals surface area contributed by atoms with Gasteiger partial charge in [0.1, 0.15) is 6.34 Å². The van der Waals surface area contributed by atoms with E-state index < -0.39 is 0 Å². The Bertz CT molecular complexity index is 134. The Balaban J connectivity index is 3.68. The van der Waals surface area contributed by atoms with E-state index in [4.69, 9.17) is 0 Å². The van der Waals surface area contributed by atoms with Gasteiger partial charge in [-0.05, 0) is 19.9 Å². The number of rotatable bonds is 3. The highest BCUT2D eigenvalue weighted by Crippen LogP contribution is 1.74. The summed E-state index contributed by atoms with van der Waals surface area (Å²) in [6, 6.07) is 0. The summed E-state index contributed by atoms with van der Waals surface area (Å²) in [7, 11) is 0. The molecule has 0 unspecified atom stereocenters. The quantitative estimate of drug-likeness (QED) is 0.404. The Hall–Kier alpha value is -0.920. The van der Waals surface area contributed by atoms with E-state index in [-0.39, 0.29) is 0 Å². The summed E-state index contributed by atoms with van der Waals surface area (Å²) in [5.41, 5.74) is 0.896. The molecule has 0 spiro atoms. The zero-order chi connectivity index (χ0) is 7.11. The van der Waals surface area contributed by atoms with Crippen molar-refractivity contribution in [3.8, 4) is 0 Å². The highest BCUT2D eigenvalue weighted by atomic mass is 14.8. The first-order valence-electron chi connectivity index (χ1n) is 2.96. The summed E-state index contributed by atoms with van der Waals surface area (Å²) in [6.07, 6.45) is 3.25. The van der Waals surface area contributed by atoms with E-state index in [1.165, 1.54) is 0 Å². The third-order valence-corrected chi connectivity index (χ3v) is 0.821. The standard InChI is InChI=1S/C7H12N2/c1-4-7(3)9-6-8-5-2/h4,6H,1,5H2,2-3H3. The minimum atomic E-state index is 0.786. The number of hydrogen-bond donors (Lipinski definition) is 0. The lowest BCUT2D eigenvalue weighted by Gasteiger charge is -1.82. The van der Waals surface area contributed by atoms with Crippen LogP contribution >= 0.6 is 0 Å². The maximum Gasteiger partial charge on any atom is 0.110 e.